The van der Waals surface area contributed by atoms with E-state index < -0.39 is 11.6 Å². The molecule has 2 N–H and O–H groups in total. The third kappa shape index (κ3) is 2.10. The van der Waals surface area contributed by atoms with Crippen LogP contribution < -0.4 is 5.73 Å². The van der Waals surface area contributed by atoms with Gasteiger partial charge in [-0.15, -0.1) is 0 Å². The minimum Gasteiger partial charge on any atom is -0.397 e. The van der Waals surface area contributed by atoms with Crippen molar-refractivity contribution in [1.29, 1.82) is 0 Å². The van der Waals surface area contributed by atoms with Crippen molar-refractivity contribution in [3.8, 4) is 11.3 Å². The molecule has 0 aliphatic carbocycles. The Morgan fingerprint density at radius 1 is 1.00 bits per heavy atom. The van der Waals surface area contributed by atoms with E-state index in [-0.39, 0.29) is 0 Å². The third-order valence-corrected chi connectivity index (χ3v) is 2.76. The fourth-order valence-corrected chi connectivity index (χ4v) is 1.94. The summed E-state index contributed by atoms with van der Waals surface area (Å²) in [6.45, 7) is 0. The van der Waals surface area contributed by atoms with Crippen molar-refractivity contribution in [2.75, 3.05) is 5.73 Å². The Morgan fingerprint density at radius 3 is 2.47 bits per heavy atom. The molecule has 0 radical (unpaired) electrons. The molecule has 3 nitrogen and oxygen atoms in total. The number of hydrogen-bond acceptors (Lipinski definition) is 3. The highest BCUT2D eigenvalue weighted by molar-refractivity contribution is 5.85. The molecule has 19 heavy (non-hydrogen) atoms. The van der Waals surface area contributed by atoms with Crippen molar-refractivity contribution in [3.63, 3.8) is 0 Å². The second-order valence-corrected chi connectivity index (χ2v) is 4.13. The van der Waals surface area contributed by atoms with E-state index in [9.17, 15) is 8.78 Å². The molecule has 94 valence electrons. The van der Waals surface area contributed by atoms with Crippen LogP contribution in [0.15, 0.2) is 42.6 Å². The van der Waals surface area contributed by atoms with E-state index in [1.807, 2.05) is 6.07 Å². The van der Waals surface area contributed by atoms with Gasteiger partial charge in [0.05, 0.1) is 11.4 Å². The highest BCUT2D eigenvalue weighted by Crippen LogP contribution is 2.27. The molecule has 0 saturated carbocycles. The SMILES string of the molecule is Nc1cc2cccnc2nc1-c1cc(F)cc(F)c1. The molecule has 0 spiro atoms. The van der Waals surface area contributed by atoms with Gasteiger partial charge in [-0.3, -0.25) is 0 Å². The molecule has 0 atom stereocenters. The van der Waals surface area contributed by atoms with E-state index in [2.05, 4.69) is 9.97 Å². The number of fused-ring (bicyclic) bond motifs is 1. The lowest BCUT2D eigenvalue weighted by atomic mass is 10.1. The van der Waals surface area contributed by atoms with Gasteiger partial charge in [0.25, 0.3) is 0 Å². The lowest BCUT2D eigenvalue weighted by Crippen LogP contribution is -1.96. The lowest BCUT2D eigenvalue weighted by Gasteiger charge is -2.07. The van der Waals surface area contributed by atoms with Gasteiger partial charge in [0.1, 0.15) is 11.6 Å². The van der Waals surface area contributed by atoms with Crippen molar-refractivity contribution >= 4 is 16.7 Å². The summed E-state index contributed by atoms with van der Waals surface area (Å²) in [6, 6.07) is 8.46. The molecule has 0 fully saturated rings. The van der Waals surface area contributed by atoms with Crippen molar-refractivity contribution in [2.45, 2.75) is 0 Å². The summed E-state index contributed by atoms with van der Waals surface area (Å²) in [4.78, 5) is 8.36. The molecule has 2 aromatic heterocycles. The topological polar surface area (TPSA) is 51.8 Å². The molecule has 0 bridgehead atoms. The average Bonchev–Trinajstić information content (AvgIpc) is 2.36. The molecule has 1 aromatic carbocycles. The Kier molecular flexibility index (Phi) is 2.59. The fraction of sp³-hybridized carbons (Fsp3) is 0. The molecule has 3 aromatic rings. The Morgan fingerprint density at radius 2 is 1.74 bits per heavy atom. The van der Waals surface area contributed by atoms with E-state index in [1.54, 1.807) is 18.3 Å². The largest absolute Gasteiger partial charge is 0.397 e. The first-order valence-corrected chi connectivity index (χ1v) is 5.61. The van der Waals surface area contributed by atoms with Gasteiger partial charge in [0.2, 0.25) is 0 Å². The van der Waals surface area contributed by atoms with Gasteiger partial charge in [-0.25, -0.2) is 18.7 Å². The molecule has 3 rings (SSSR count). The second kappa shape index (κ2) is 4.28. The Labute approximate surface area is 107 Å². The first kappa shape index (κ1) is 11.5. The normalized spacial score (nSPS) is 10.8. The number of benzene rings is 1. The molecule has 0 saturated heterocycles. The van der Waals surface area contributed by atoms with Gasteiger partial charge in [-0.2, -0.15) is 0 Å². The number of anilines is 1. The smallest absolute Gasteiger partial charge is 0.159 e. The van der Waals surface area contributed by atoms with Crippen LogP contribution in [0.5, 0.6) is 0 Å². The monoisotopic (exact) mass is 257 g/mol. The minimum absolute atomic E-state index is 0.294. The summed E-state index contributed by atoms with van der Waals surface area (Å²) in [5.74, 6) is -1.34. The summed E-state index contributed by atoms with van der Waals surface area (Å²) >= 11 is 0. The zero-order chi connectivity index (χ0) is 13.4. The quantitative estimate of drug-likeness (QED) is 0.728. The highest BCUT2D eigenvalue weighted by Gasteiger charge is 2.10. The molecular weight excluding hydrogens is 248 g/mol. The first-order valence-electron chi connectivity index (χ1n) is 5.61. The van der Waals surface area contributed by atoms with Crippen LogP contribution in [-0.4, -0.2) is 9.97 Å². The maximum atomic E-state index is 13.2. The number of hydrogen-bond donors (Lipinski definition) is 1. The number of pyridine rings is 2. The zero-order valence-corrected chi connectivity index (χ0v) is 9.77. The summed E-state index contributed by atoms with van der Waals surface area (Å²) in [5, 5.41) is 0.778. The molecule has 0 amide bonds. The van der Waals surface area contributed by atoms with Crippen LogP contribution in [0.3, 0.4) is 0 Å². The fourth-order valence-electron chi connectivity index (χ4n) is 1.94. The highest BCUT2D eigenvalue weighted by atomic mass is 19.1. The molecule has 0 aliphatic rings. The maximum absolute atomic E-state index is 13.2. The lowest BCUT2D eigenvalue weighted by molar-refractivity contribution is 0.584. The van der Waals surface area contributed by atoms with Crippen molar-refractivity contribution < 1.29 is 8.78 Å². The van der Waals surface area contributed by atoms with Gasteiger partial charge in [0.15, 0.2) is 5.65 Å². The summed E-state index contributed by atoms with van der Waals surface area (Å²) < 4.78 is 26.5. The van der Waals surface area contributed by atoms with Gasteiger partial charge in [0, 0.05) is 23.2 Å². The number of nitrogen functional groups attached to an aromatic ring is 1. The number of nitrogens with zero attached hydrogens (tertiary/aromatic N) is 2. The van der Waals surface area contributed by atoms with E-state index >= 15 is 0 Å². The zero-order valence-electron chi connectivity index (χ0n) is 9.77. The van der Waals surface area contributed by atoms with Crippen LogP contribution in [0.1, 0.15) is 0 Å². The summed E-state index contributed by atoms with van der Waals surface area (Å²) in [5.41, 5.74) is 7.34. The number of rotatable bonds is 1. The van der Waals surface area contributed by atoms with Crippen LogP contribution >= 0.6 is 0 Å². The molecular formula is C14H9F2N3. The molecule has 0 aliphatic heterocycles. The van der Waals surface area contributed by atoms with Crippen molar-refractivity contribution in [3.05, 3.63) is 54.2 Å². The maximum Gasteiger partial charge on any atom is 0.159 e. The second-order valence-electron chi connectivity index (χ2n) is 4.13. The van der Waals surface area contributed by atoms with Gasteiger partial charge >= 0.3 is 0 Å². The Balaban J connectivity index is 2.26. The van der Waals surface area contributed by atoms with Crippen LogP contribution in [0.25, 0.3) is 22.3 Å². The predicted molar refractivity (Wildman–Crippen MR) is 69.3 cm³/mol. The van der Waals surface area contributed by atoms with Crippen LogP contribution in [0, 0.1) is 11.6 Å². The average molecular weight is 257 g/mol. The minimum atomic E-state index is -0.669. The first-order chi connectivity index (χ1) is 9.13. The van der Waals surface area contributed by atoms with Crippen LogP contribution in [-0.2, 0) is 0 Å². The van der Waals surface area contributed by atoms with Gasteiger partial charge < -0.3 is 5.73 Å². The summed E-state index contributed by atoms with van der Waals surface area (Å²) in [6.07, 6.45) is 1.60. The third-order valence-electron chi connectivity index (χ3n) is 2.76. The molecule has 0 unspecified atom stereocenters. The molecule has 2 heterocycles. The molecule has 5 heteroatoms. The van der Waals surface area contributed by atoms with E-state index in [0.717, 1.165) is 11.5 Å². The van der Waals surface area contributed by atoms with Crippen molar-refractivity contribution in [2.24, 2.45) is 0 Å². The summed E-state index contributed by atoms with van der Waals surface area (Å²) in [7, 11) is 0. The van der Waals surface area contributed by atoms with Crippen LogP contribution in [0.4, 0.5) is 14.5 Å². The predicted octanol–water partition coefficient (Wildman–Crippen LogP) is 3.16. The standard InChI is InChI=1S/C14H9F2N3/c15-10-4-9(5-11(16)7-10)13-12(17)6-8-2-1-3-18-14(8)19-13/h1-7H,17H2. The Bertz CT molecular complexity index is 751. The van der Waals surface area contributed by atoms with E-state index in [1.165, 1.54) is 12.1 Å². The van der Waals surface area contributed by atoms with E-state index in [0.29, 0.717) is 22.6 Å². The Hall–Kier alpha value is -2.56. The van der Waals surface area contributed by atoms with Crippen LogP contribution in [0.2, 0.25) is 0 Å². The van der Waals surface area contributed by atoms with E-state index in [4.69, 9.17) is 5.73 Å². The van der Waals surface area contributed by atoms with Gasteiger partial charge in [-0.1, -0.05) is 0 Å². The number of aromatic nitrogens is 2. The van der Waals surface area contributed by atoms with Gasteiger partial charge in [-0.05, 0) is 30.3 Å². The number of halogens is 2. The van der Waals surface area contributed by atoms with Crippen molar-refractivity contribution in [1.82, 2.24) is 9.97 Å². The number of nitrogens with two attached hydrogens (primary N) is 1.